The third-order valence-corrected chi connectivity index (χ3v) is 3.63. The monoisotopic (exact) mass is 340 g/mol. The summed E-state index contributed by atoms with van der Waals surface area (Å²) < 4.78 is 38.9. The van der Waals surface area contributed by atoms with Crippen LogP contribution in [0.25, 0.3) is 0 Å². The smallest absolute Gasteiger partial charge is 0.401 e. The lowest BCUT2D eigenvalue weighted by atomic mass is 10.1. The van der Waals surface area contributed by atoms with Crippen molar-refractivity contribution in [1.29, 1.82) is 10.5 Å². The molecule has 1 heterocycles. The number of aryl methyl sites for hydroxylation is 1. The van der Waals surface area contributed by atoms with Gasteiger partial charge in [0.25, 0.3) is 0 Å². The lowest BCUT2D eigenvalue weighted by Crippen LogP contribution is -2.13. The molecule has 23 heavy (non-hydrogen) atoms. The van der Waals surface area contributed by atoms with Gasteiger partial charge >= 0.3 is 6.18 Å². The van der Waals surface area contributed by atoms with Gasteiger partial charge in [-0.05, 0) is 19.9 Å². The lowest BCUT2D eigenvalue weighted by Gasteiger charge is -2.12. The molecule has 1 aromatic heterocycles. The Hall–Kier alpha value is -2.52. The van der Waals surface area contributed by atoms with Gasteiger partial charge in [-0.3, -0.25) is 4.79 Å². The van der Waals surface area contributed by atoms with Crippen LogP contribution in [0.4, 0.5) is 13.2 Å². The molecule has 0 bridgehead atoms. The fourth-order valence-electron chi connectivity index (χ4n) is 1.66. The van der Waals surface area contributed by atoms with Crippen LogP contribution in [0.15, 0.2) is 22.4 Å². The second-order valence-corrected chi connectivity index (χ2v) is 5.45. The predicted octanol–water partition coefficient (Wildman–Crippen LogP) is 2.70. The van der Waals surface area contributed by atoms with Gasteiger partial charge in [0.1, 0.15) is 22.7 Å². The highest BCUT2D eigenvalue weighted by atomic mass is 32.2. The maximum atomic E-state index is 13.0. The van der Waals surface area contributed by atoms with E-state index in [0.29, 0.717) is 11.8 Å². The average molecular weight is 340 g/mol. The normalized spacial score (nSPS) is 12.1. The van der Waals surface area contributed by atoms with E-state index in [0.717, 1.165) is 6.07 Å². The van der Waals surface area contributed by atoms with Gasteiger partial charge < -0.3 is 5.73 Å². The number of thioether (sulfide) groups is 1. The van der Waals surface area contributed by atoms with Crippen LogP contribution in [0.1, 0.15) is 23.7 Å². The van der Waals surface area contributed by atoms with Crippen LogP contribution in [-0.4, -0.2) is 16.5 Å². The molecule has 0 radical (unpaired) electrons. The Morgan fingerprint density at radius 1 is 1.43 bits per heavy atom. The molecule has 0 saturated heterocycles. The van der Waals surface area contributed by atoms with Crippen molar-refractivity contribution >= 4 is 17.5 Å². The third kappa shape index (κ3) is 4.47. The highest BCUT2D eigenvalue weighted by Crippen LogP contribution is 2.35. The Morgan fingerprint density at radius 3 is 2.48 bits per heavy atom. The zero-order valence-electron chi connectivity index (χ0n) is 12.2. The van der Waals surface area contributed by atoms with E-state index in [1.165, 1.54) is 19.9 Å². The Morgan fingerprint density at radius 2 is 2.04 bits per heavy atom. The summed E-state index contributed by atoms with van der Waals surface area (Å²) in [5.74, 6) is -0.988. The number of carbonyl (C=O) groups is 1. The van der Waals surface area contributed by atoms with Crippen molar-refractivity contribution in [3.8, 4) is 12.1 Å². The number of nitrogens with two attached hydrogens (primary N) is 1. The SMILES string of the molecule is C/C(N)=C(/C#N)C(=O)CSc1nc(C)cc(C(F)(F)F)c1C#N. The van der Waals surface area contributed by atoms with Crippen LogP contribution >= 0.6 is 11.8 Å². The van der Waals surface area contributed by atoms with Crippen LogP contribution in [0, 0.1) is 29.6 Å². The van der Waals surface area contributed by atoms with Crippen LogP contribution in [0.5, 0.6) is 0 Å². The predicted molar refractivity (Wildman–Crippen MR) is 76.9 cm³/mol. The molecule has 0 amide bonds. The van der Waals surface area contributed by atoms with Crippen molar-refractivity contribution in [2.24, 2.45) is 5.73 Å². The first-order valence-electron chi connectivity index (χ1n) is 6.13. The molecule has 0 aliphatic rings. The van der Waals surface area contributed by atoms with E-state index in [2.05, 4.69) is 4.98 Å². The summed E-state index contributed by atoms with van der Waals surface area (Å²) in [7, 11) is 0. The second kappa shape index (κ2) is 7.16. The second-order valence-electron chi connectivity index (χ2n) is 4.48. The highest BCUT2D eigenvalue weighted by molar-refractivity contribution is 8.00. The van der Waals surface area contributed by atoms with E-state index < -0.39 is 23.1 Å². The summed E-state index contributed by atoms with van der Waals surface area (Å²) in [4.78, 5) is 15.7. The number of hydrogen-bond acceptors (Lipinski definition) is 6. The molecular weight excluding hydrogens is 329 g/mol. The van der Waals surface area contributed by atoms with Crippen LogP contribution < -0.4 is 5.73 Å². The zero-order valence-corrected chi connectivity index (χ0v) is 13.0. The Bertz CT molecular complexity index is 753. The summed E-state index contributed by atoms with van der Waals surface area (Å²) in [6.07, 6.45) is -4.70. The molecule has 0 aliphatic heterocycles. The van der Waals surface area contributed by atoms with E-state index in [1.807, 2.05) is 0 Å². The summed E-state index contributed by atoms with van der Waals surface area (Å²) in [5.41, 5.74) is 3.46. The van der Waals surface area contributed by atoms with Crippen LogP contribution in [-0.2, 0) is 11.0 Å². The third-order valence-electron chi connectivity index (χ3n) is 2.66. The van der Waals surface area contributed by atoms with Crippen molar-refractivity contribution in [2.45, 2.75) is 25.0 Å². The molecule has 0 aliphatic carbocycles. The summed E-state index contributed by atoms with van der Waals surface area (Å²) in [6, 6.07) is 3.88. The lowest BCUT2D eigenvalue weighted by molar-refractivity contribution is -0.138. The van der Waals surface area contributed by atoms with Crippen LogP contribution in [0.2, 0.25) is 0 Å². The van der Waals surface area contributed by atoms with Crippen molar-refractivity contribution < 1.29 is 18.0 Å². The maximum absolute atomic E-state index is 13.0. The maximum Gasteiger partial charge on any atom is 0.417 e. The number of hydrogen-bond donors (Lipinski definition) is 1. The molecule has 9 heteroatoms. The molecule has 0 saturated carbocycles. The minimum atomic E-state index is -4.70. The van der Waals surface area contributed by atoms with Gasteiger partial charge in [-0.25, -0.2) is 4.98 Å². The van der Waals surface area contributed by atoms with Gasteiger partial charge in [-0.15, -0.1) is 0 Å². The van der Waals surface area contributed by atoms with Gasteiger partial charge in [0, 0.05) is 11.4 Å². The number of alkyl halides is 3. The summed E-state index contributed by atoms with van der Waals surface area (Å²) in [5, 5.41) is 17.6. The summed E-state index contributed by atoms with van der Waals surface area (Å²) >= 11 is 0.661. The molecular formula is C14H11F3N4OS. The Labute approximate surface area is 134 Å². The molecule has 5 nitrogen and oxygen atoms in total. The number of halogens is 3. The zero-order chi connectivity index (χ0) is 17.8. The number of Topliss-reactive ketones (excluding diaryl/α,β-unsaturated/α-hetero) is 1. The number of aromatic nitrogens is 1. The van der Waals surface area contributed by atoms with Crippen molar-refractivity contribution in [3.05, 3.63) is 34.2 Å². The summed E-state index contributed by atoms with van der Waals surface area (Å²) in [6.45, 7) is 2.72. The van der Waals surface area contributed by atoms with Crippen LogP contribution in [0.3, 0.4) is 0 Å². The average Bonchev–Trinajstić information content (AvgIpc) is 2.43. The minimum Gasteiger partial charge on any atom is -0.401 e. The topological polar surface area (TPSA) is 104 Å². The largest absolute Gasteiger partial charge is 0.417 e. The number of rotatable bonds is 4. The fraction of sp³-hybridized carbons (Fsp3) is 0.286. The minimum absolute atomic E-state index is 0.0202. The first kappa shape index (κ1) is 18.5. The molecule has 120 valence electrons. The highest BCUT2D eigenvalue weighted by Gasteiger charge is 2.35. The molecule has 1 aromatic rings. The number of allylic oxidation sites excluding steroid dienone is 2. The van der Waals surface area contributed by atoms with Gasteiger partial charge in [0.05, 0.1) is 16.9 Å². The van der Waals surface area contributed by atoms with Gasteiger partial charge in [-0.2, -0.15) is 23.7 Å². The van der Waals surface area contributed by atoms with Gasteiger partial charge in [-0.1, -0.05) is 11.8 Å². The number of pyridine rings is 1. The van der Waals surface area contributed by atoms with E-state index >= 15 is 0 Å². The fourth-order valence-corrected chi connectivity index (χ4v) is 2.58. The number of nitriles is 2. The number of carbonyl (C=O) groups excluding carboxylic acids is 1. The molecule has 1 rings (SSSR count). The Balaban J connectivity index is 3.19. The van der Waals surface area contributed by atoms with Crippen molar-refractivity contribution in [2.75, 3.05) is 5.75 Å². The molecule has 0 atom stereocenters. The quantitative estimate of drug-likeness (QED) is 0.513. The molecule has 2 N–H and O–H groups in total. The van der Waals surface area contributed by atoms with Crippen molar-refractivity contribution in [1.82, 2.24) is 4.98 Å². The number of ketones is 1. The van der Waals surface area contributed by atoms with Crippen molar-refractivity contribution in [3.63, 3.8) is 0 Å². The van der Waals surface area contributed by atoms with E-state index in [-0.39, 0.29) is 27.7 Å². The van der Waals surface area contributed by atoms with E-state index in [9.17, 15) is 18.0 Å². The number of nitrogens with zero attached hydrogens (tertiary/aromatic N) is 3. The first-order chi connectivity index (χ1) is 10.6. The molecule has 0 aromatic carbocycles. The first-order valence-corrected chi connectivity index (χ1v) is 7.11. The van der Waals surface area contributed by atoms with E-state index in [4.69, 9.17) is 16.3 Å². The Kier molecular flexibility index (Phi) is 5.77. The van der Waals surface area contributed by atoms with E-state index in [1.54, 1.807) is 6.07 Å². The standard InChI is InChI=1S/C14H11F3N4OS/c1-7-3-11(14(15,16)17)10(5-19)13(21-7)23-6-12(22)9(4-18)8(2)20/h3H,6,20H2,1-2H3/b9-8+. The van der Waals surface area contributed by atoms with Gasteiger partial charge in [0.15, 0.2) is 5.78 Å². The molecule has 0 spiro atoms. The van der Waals surface area contributed by atoms with Gasteiger partial charge in [0.2, 0.25) is 0 Å². The molecule has 0 fully saturated rings. The molecule has 0 unspecified atom stereocenters.